The first kappa shape index (κ1) is 11.4. The first-order valence-corrected chi connectivity index (χ1v) is 7.83. The van der Waals surface area contributed by atoms with E-state index in [9.17, 15) is 4.57 Å². The van der Waals surface area contributed by atoms with Crippen LogP contribution < -0.4 is 5.30 Å². The predicted octanol–water partition coefficient (Wildman–Crippen LogP) is 4.17. The number of fused-ring (bicyclic) bond motifs is 1. The van der Waals surface area contributed by atoms with Gasteiger partial charge >= 0.3 is 0 Å². The van der Waals surface area contributed by atoms with Crippen LogP contribution in [-0.4, -0.2) is 6.16 Å². The normalized spacial score (nSPS) is 14.6. The summed E-state index contributed by atoms with van der Waals surface area (Å²) in [4.78, 5) is 0. The van der Waals surface area contributed by atoms with Gasteiger partial charge in [-0.1, -0.05) is 42.5 Å². The molecule has 1 nitrogen and oxygen atoms in total. The molecule has 0 aliphatic heterocycles. The maximum Gasteiger partial charge on any atom is 0.201 e. The summed E-state index contributed by atoms with van der Waals surface area (Å²) in [5.74, 6) is 0. The average Bonchev–Trinajstić information content (AvgIpc) is 2.28. The van der Waals surface area contributed by atoms with E-state index in [0.29, 0.717) is 6.16 Å². The molecule has 82 valence electrons. The molecule has 3 heteroatoms. The molecule has 0 aliphatic rings. The van der Waals surface area contributed by atoms with Crippen molar-refractivity contribution in [3.63, 3.8) is 0 Å². The smallest absolute Gasteiger partial charge is 0.201 e. The van der Waals surface area contributed by atoms with Crippen LogP contribution in [-0.2, 0) is 4.57 Å². The van der Waals surface area contributed by atoms with E-state index in [2.05, 4.69) is 6.58 Å². The van der Waals surface area contributed by atoms with E-state index in [1.807, 2.05) is 42.5 Å². The van der Waals surface area contributed by atoms with Crippen molar-refractivity contribution in [3.05, 3.63) is 55.1 Å². The summed E-state index contributed by atoms with van der Waals surface area (Å²) in [7, 11) is 0. The van der Waals surface area contributed by atoms with Crippen LogP contribution >= 0.6 is 17.7 Å². The lowest BCUT2D eigenvalue weighted by Gasteiger charge is -2.11. The van der Waals surface area contributed by atoms with Gasteiger partial charge in [0.15, 0.2) is 0 Å². The highest BCUT2D eigenvalue weighted by atomic mass is 35.7. The monoisotopic (exact) mass is 250 g/mol. The lowest BCUT2D eigenvalue weighted by molar-refractivity contribution is 0.591. The Kier molecular flexibility index (Phi) is 3.18. The van der Waals surface area contributed by atoms with E-state index in [-0.39, 0.29) is 0 Å². The molecule has 0 N–H and O–H groups in total. The average molecular weight is 251 g/mol. The van der Waals surface area contributed by atoms with Gasteiger partial charge in [0, 0.05) is 11.5 Å². The molecule has 0 aromatic heterocycles. The minimum absolute atomic E-state index is 0.322. The van der Waals surface area contributed by atoms with Gasteiger partial charge in [0.2, 0.25) is 6.49 Å². The summed E-state index contributed by atoms with van der Waals surface area (Å²) in [5.41, 5.74) is 0. The fraction of sp³-hybridized carbons (Fsp3) is 0.0769. The highest BCUT2D eigenvalue weighted by molar-refractivity contribution is 7.95. The lowest BCUT2D eigenvalue weighted by Crippen LogP contribution is -2.04. The van der Waals surface area contributed by atoms with Crippen LogP contribution in [0.25, 0.3) is 10.8 Å². The summed E-state index contributed by atoms with van der Waals surface area (Å²) in [5, 5.41) is 2.75. The van der Waals surface area contributed by atoms with Crippen molar-refractivity contribution in [2.45, 2.75) is 0 Å². The SMILES string of the molecule is C=CCP(=O)(Cl)c1cccc2ccccc12. The van der Waals surface area contributed by atoms with Gasteiger partial charge in [-0.05, 0) is 28.1 Å². The largest absolute Gasteiger partial charge is 0.301 e. The minimum Gasteiger partial charge on any atom is -0.301 e. The molecule has 0 amide bonds. The molecule has 1 atom stereocenters. The molecule has 0 spiro atoms. The van der Waals surface area contributed by atoms with Crippen molar-refractivity contribution in [2.75, 3.05) is 6.16 Å². The van der Waals surface area contributed by atoms with Crippen LogP contribution in [0.4, 0.5) is 0 Å². The molecule has 2 aromatic rings. The Morgan fingerprint density at radius 3 is 2.62 bits per heavy atom. The third-order valence-electron chi connectivity index (χ3n) is 2.49. The third-order valence-corrected chi connectivity index (χ3v) is 5.29. The molecule has 1 unspecified atom stereocenters. The summed E-state index contributed by atoms with van der Waals surface area (Å²) in [6, 6.07) is 13.5. The molecule has 0 fully saturated rings. The zero-order chi connectivity index (χ0) is 11.6. The van der Waals surface area contributed by atoms with Crippen molar-refractivity contribution in [1.82, 2.24) is 0 Å². The van der Waals surface area contributed by atoms with Gasteiger partial charge in [0.1, 0.15) is 0 Å². The number of allylic oxidation sites excluding steroid dienone is 1. The quantitative estimate of drug-likeness (QED) is 0.590. The van der Waals surface area contributed by atoms with Crippen molar-refractivity contribution in [3.8, 4) is 0 Å². The van der Waals surface area contributed by atoms with E-state index >= 15 is 0 Å². The van der Waals surface area contributed by atoms with Crippen LogP contribution in [0.1, 0.15) is 0 Å². The van der Waals surface area contributed by atoms with Crippen LogP contribution in [0, 0.1) is 0 Å². The zero-order valence-electron chi connectivity index (χ0n) is 8.77. The first-order chi connectivity index (χ1) is 7.65. The molecule has 0 bridgehead atoms. The standard InChI is InChI=1S/C13H12ClOP/c1-2-10-16(14,15)13-9-5-7-11-6-3-4-8-12(11)13/h2-9H,1,10H2. The zero-order valence-corrected chi connectivity index (χ0v) is 10.4. The van der Waals surface area contributed by atoms with Gasteiger partial charge in [-0.15, -0.1) is 6.58 Å². The molecular formula is C13H12ClOP. The number of benzene rings is 2. The van der Waals surface area contributed by atoms with Gasteiger partial charge in [-0.2, -0.15) is 0 Å². The van der Waals surface area contributed by atoms with E-state index < -0.39 is 6.49 Å². The second-order valence-corrected chi connectivity index (χ2v) is 7.41. The third kappa shape index (κ3) is 2.07. The summed E-state index contributed by atoms with van der Waals surface area (Å²) < 4.78 is 12.3. The van der Waals surface area contributed by atoms with Crippen molar-refractivity contribution < 1.29 is 4.57 Å². The van der Waals surface area contributed by atoms with Gasteiger partial charge < -0.3 is 4.57 Å². The van der Waals surface area contributed by atoms with E-state index in [0.717, 1.165) is 16.1 Å². The van der Waals surface area contributed by atoms with Gasteiger partial charge in [0.25, 0.3) is 0 Å². The molecule has 16 heavy (non-hydrogen) atoms. The second-order valence-electron chi connectivity index (χ2n) is 3.62. The fourth-order valence-corrected chi connectivity index (χ4v) is 3.90. The first-order valence-electron chi connectivity index (χ1n) is 5.03. The minimum atomic E-state index is -2.84. The maximum absolute atomic E-state index is 12.3. The van der Waals surface area contributed by atoms with Crippen LogP contribution in [0.2, 0.25) is 0 Å². The second kappa shape index (κ2) is 4.45. The van der Waals surface area contributed by atoms with Crippen molar-refractivity contribution in [2.24, 2.45) is 0 Å². The van der Waals surface area contributed by atoms with Crippen LogP contribution in [0.15, 0.2) is 55.1 Å². The molecule has 0 saturated carbocycles. The summed E-state index contributed by atoms with van der Waals surface area (Å²) >= 11 is 6.13. The Hall–Kier alpha value is -1.04. The number of halogens is 1. The Bertz CT molecular complexity index is 572. The Labute approximate surface area is 99.9 Å². The predicted molar refractivity (Wildman–Crippen MR) is 72.1 cm³/mol. The van der Waals surface area contributed by atoms with Crippen molar-refractivity contribution >= 4 is 33.8 Å². The van der Waals surface area contributed by atoms with Crippen LogP contribution in [0.5, 0.6) is 0 Å². The Balaban J connectivity index is 2.69. The summed E-state index contributed by atoms with van der Waals surface area (Å²) in [6.45, 7) is 0.759. The molecular weight excluding hydrogens is 239 g/mol. The number of hydrogen-bond donors (Lipinski definition) is 0. The van der Waals surface area contributed by atoms with E-state index in [4.69, 9.17) is 11.2 Å². The Morgan fingerprint density at radius 2 is 1.88 bits per heavy atom. The lowest BCUT2D eigenvalue weighted by atomic mass is 10.1. The van der Waals surface area contributed by atoms with E-state index in [1.165, 1.54) is 0 Å². The van der Waals surface area contributed by atoms with E-state index in [1.54, 1.807) is 6.08 Å². The number of hydrogen-bond acceptors (Lipinski definition) is 1. The van der Waals surface area contributed by atoms with Gasteiger partial charge in [-0.3, -0.25) is 0 Å². The Morgan fingerprint density at radius 1 is 1.19 bits per heavy atom. The molecule has 0 aliphatic carbocycles. The fourth-order valence-electron chi connectivity index (χ4n) is 1.76. The van der Waals surface area contributed by atoms with Crippen molar-refractivity contribution in [1.29, 1.82) is 0 Å². The molecule has 0 heterocycles. The molecule has 0 radical (unpaired) electrons. The maximum atomic E-state index is 12.3. The molecule has 2 aromatic carbocycles. The highest BCUT2D eigenvalue weighted by Crippen LogP contribution is 2.51. The molecule has 2 rings (SSSR count). The van der Waals surface area contributed by atoms with Crippen LogP contribution in [0.3, 0.4) is 0 Å². The van der Waals surface area contributed by atoms with Gasteiger partial charge in [-0.25, -0.2) is 0 Å². The van der Waals surface area contributed by atoms with Gasteiger partial charge in [0.05, 0.1) is 0 Å². The highest BCUT2D eigenvalue weighted by Gasteiger charge is 2.21. The molecule has 0 saturated heterocycles. The summed E-state index contributed by atoms with van der Waals surface area (Å²) in [6.07, 6.45) is 1.93. The number of rotatable bonds is 3. The topological polar surface area (TPSA) is 17.1 Å².